The third-order valence-electron chi connectivity index (χ3n) is 2.80. The monoisotopic (exact) mass is 214 g/mol. The van der Waals surface area contributed by atoms with Crippen LogP contribution in [0.15, 0.2) is 0 Å². The van der Waals surface area contributed by atoms with Crippen LogP contribution in [0.4, 0.5) is 0 Å². The lowest BCUT2D eigenvalue weighted by Crippen LogP contribution is -2.37. The van der Waals surface area contributed by atoms with Crippen LogP contribution in [0, 0.1) is 5.41 Å². The molecule has 0 aromatic carbocycles. The molecular weight excluding hydrogens is 196 g/mol. The minimum atomic E-state index is -1.05. The molecule has 1 aliphatic rings. The van der Waals surface area contributed by atoms with Gasteiger partial charge >= 0.3 is 5.97 Å². The van der Waals surface area contributed by atoms with Crippen molar-refractivity contribution in [3.63, 3.8) is 0 Å². The lowest BCUT2D eigenvalue weighted by molar-refractivity contribution is -0.214. The lowest BCUT2D eigenvalue weighted by Gasteiger charge is -2.28. The maximum Gasteiger partial charge on any atom is 0.314 e. The van der Waals surface area contributed by atoms with Crippen LogP contribution in [0.1, 0.15) is 40.5 Å². The van der Waals surface area contributed by atoms with Gasteiger partial charge in [0.25, 0.3) is 0 Å². The lowest BCUT2D eigenvalue weighted by atomic mass is 9.90. The maximum absolute atomic E-state index is 11.8. The van der Waals surface area contributed by atoms with E-state index in [2.05, 4.69) is 0 Å². The van der Waals surface area contributed by atoms with E-state index in [0.29, 0.717) is 6.42 Å². The largest absolute Gasteiger partial charge is 0.432 e. The third-order valence-corrected chi connectivity index (χ3v) is 2.80. The van der Waals surface area contributed by atoms with Gasteiger partial charge in [0.05, 0.1) is 11.8 Å². The first-order valence-corrected chi connectivity index (χ1v) is 5.18. The molecule has 0 aromatic rings. The zero-order chi connectivity index (χ0) is 11.7. The average Bonchev–Trinajstić information content (AvgIpc) is 2.46. The summed E-state index contributed by atoms with van der Waals surface area (Å²) in [6, 6.07) is 0. The highest BCUT2D eigenvalue weighted by molar-refractivity contribution is 5.83. The smallest absolute Gasteiger partial charge is 0.314 e. The van der Waals surface area contributed by atoms with Crippen LogP contribution >= 0.6 is 0 Å². The molecule has 0 aromatic heterocycles. The fraction of sp³-hybridized carbons (Fsp3) is 0.818. The van der Waals surface area contributed by atoms with Crippen LogP contribution in [0.25, 0.3) is 0 Å². The number of carbonyl (C=O) groups excluding carboxylic acids is 2. The number of hydrogen-bond donors (Lipinski definition) is 0. The van der Waals surface area contributed by atoms with E-state index in [4.69, 9.17) is 9.47 Å². The molecule has 0 bridgehead atoms. The standard InChI is InChI=1S/C11H18O4/c1-5-10(2,3)9(13)15-11(4)6-8(12)7-14-11/h5-7H2,1-4H3. The fourth-order valence-corrected chi connectivity index (χ4v) is 1.24. The number of esters is 1. The van der Waals surface area contributed by atoms with Gasteiger partial charge in [0.2, 0.25) is 5.79 Å². The van der Waals surface area contributed by atoms with E-state index in [1.54, 1.807) is 6.92 Å². The Labute approximate surface area is 89.9 Å². The predicted octanol–water partition coefficient (Wildman–Crippen LogP) is 1.67. The van der Waals surface area contributed by atoms with Crippen LogP contribution < -0.4 is 0 Å². The predicted molar refractivity (Wildman–Crippen MR) is 54.1 cm³/mol. The highest BCUT2D eigenvalue weighted by Gasteiger charge is 2.41. The molecule has 0 amide bonds. The number of hydrogen-bond acceptors (Lipinski definition) is 4. The van der Waals surface area contributed by atoms with E-state index >= 15 is 0 Å². The van der Waals surface area contributed by atoms with Crippen molar-refractivity contribution in [3.05, 3.63) is 0 Å². The van der Waals surface area contributed by atoms with Gasteiger partial charge in [0.1, 0.15) is 6.61 Å². The summed E-state index contributed by atoms with van der Waals surface area (Å²) in [6.07, 6.45) is 0.842. The number of Topliss-reactive ketones (excluding diaryl/α,β-unsaturated/α-hetero) is 1. The first-order chi connectivity index (χ1) is 6.79. The summed E-state index contributed by atoms with van der Waals surface area (Å²) in [4.78, 5) is 22.8. The highest BCUT2D eigenvalue weighted by Crippen LogP contribution is 2.29. The van der Waals surface area contributed by atoms with Crippen molar-refractivity contribution in [2.24, 2.45) is 5.41 Å². The third kappa shape index (κ3) is 2.78. The van der Waals surface area contributed by atoms with E-state index in [1.165, 1.54) is 0 Å². The molecule has 0 radical (unpaired) electrons. The van der Waals surface area contributed by atoms with Gasteiger partial charge in [-0.25, -0.2) is 0 Å². The number of carbonyl (C=O) groups is 2. The van der Waals surface area contributed by atoms with Gasteiger partial charge in [0, 0.05) is 6.92 Å². The molecule has 0 aliphatic carbocycles. The van der Waals surface area contributed by atoms with Crippen LogP contribution in [-0.4, -0.2) is 24.1 Å². The first kappa shape index (κ1) is 12.2. The van der Waals surface area contributed by atoms with Gasteiger partial charge in [-0.15, -0.1) is 0 Å². The molecule has 1 heterocycles. The van der Waals surface area contributed by atoms with Crippen molar-refractivity contribution >= 4 is 11.8 Å². The molecule has 15 heavy (non-hydrogen) atoms. The Morgan fingerprint density at radius 3 is 2.60 bits per heavy atom. The second kappa shape index (κ2) is 3.93. The summed E-state index contributed by atoms with van der Waals surface area (Å²) < 4.78 is 10.4. The molecule has 1 unspecified atom stereocenters. The van der Waals surface area contributed by atoms with Gasteiger partial charge < -0.3 is 9.47 Å². The molecule has 1 aliphatic heterocycles. The fourth-order valence-electron chi connectivity index (χ4n) is 1.24. The Hall–Kier alpha value is -0.900. The Morgan fingerprint density at radius 1 is 1.60 bits per heavy atom. The van der Waals surface area contributed by atoms with Crippen molar-refractivity contribution < 1.29 is 19.1 Å². The Balaban J connectivity index is 2.62. The molecule has 86 valence electrons. The van der Waals surface area contributed by atoms with Crippen molar-refractivity contribution in [2.45, 2.75) is 46.3 Å². The van der Waals surface area contributed by atoms with Crippen molar-refractivity contribution in [1.29, 1.82) is 0 Å². The van der Waals surface area contributed by atoms with Gasteiger partial charge in [-0.3, -0.25) is 9.59 Å². The van der Waals surface area contributed by atoms with Crippen molar-refractivity contribution in [1.82, 2.24) is 0 Å². The van der Waals surface area contributed by atoms with Crippen molar-refractivity contribution in [3.8, 4) is 0 Å². The summed E-state index contributed by atoms with van der Waals surface area (Å²) in [6.45, 7) is 7.22. The van der Waals surface area contributed by atoms with Gasteiger partial charge in [-0.2, -0.15) is 0 Å². The SMILES string of the molecule is CCC(C)(C)C(=O)OC1(C)CC(=O)CO1. The highest BCUT2D eigenvalue weighted by atomic mass is 16.7. The Kier molecular flexibility index (Phi) is 3.19. The van der Waals surface area contributed by atoms with E-state index in [-0.39, 0.29) is 24.8 Å². The van der Waals surface area contributed by atoms with Gasteiger partial charge in [-0.05, 0) is 20.3 Å². The molecule has 0 saturated carbocycles. The van der Waals surface area contributed by atoms with Gasteiger partial charge in [0.15, 0.2) is 5.78 Å². The topological polar surface area (TPSA) is 52.6 Å². The molecule has 1 fully saturated rings. The van der Waals surface area contributed by atoms with Gasteiger partial charge in [-0.1, -0.05) is 6.92 Å². The summed E-state index contributed by atoms with van der Waals surface area (Å²) in [5.41, 5.74) is -0.530. The minimum Gasteiger partial charge on any atom is -0.432 e. The number of rotatable bonds is 3. The van der Waals surface area contributed by atoms with Crippen LogP contribution in [0.3, 0.4) is 0 Å². The summed E-state index contributed by atoms with van der Waals surface area (Å²) in [5.74, 6) is -1.40. The Morgan fingerprint density at radius 2 is 2.20 bits per heavy atom. The molecule has 4 nitrogen and oxygen atoms in total. The quantitative estimate of drug-likeness (QED) is 0.670. The zero-order valence-corrected chi connectivity index (χ0v) is 9.75. The minimum absolute atomic E-state index is 0.0281. The first-order valence-electron chi connectivity index (χ1n) is 5.18. The zero-order valence-electron chi connectivity index (χ0n) is 9.75. The number of ether oxygens (including phenoxy) is 2. The molecule has 4 heteroatoms. The molecule has 1 rings (SSSR count). The molecule has 1 atom stereocenters. The van der Waals surface area contributed by atoms with Crippen molar-refractivity contribution in [2.75, 3.05) is 6.61 Å². The molecule has 1 saturated heterocycles. The summed E-state index contributed by atoms with van der Waals surface area (Å²) in [5, 5.41) is 0. The van der Waals surface area contributed by atoms with Crippen LogP contribution in [0.2, 0.25) is 0 Å². The molecular formula is C11H18O4. The van der Waals surface area contributed by atoms with E-state index in [9.17, 15) is 9.59 Å². The maximum atomic E-state index is 11.8. The average molecular weight is 214 g/mol. The van der Waals surface area contributed by atoms with E-state index in [1.807, 2.05) is 20.8 Å². The van der Waals surface area contributed by atoms with E-state index < -0.39 is 11.2 Å². The summed E-state index contributed by atoms with van der Waals surface area (Å²) in [7, 11) is 0. The van der Waals surface area contributed by atoms with Crippen LogP contribution in [-0.2, 0) is 19.1 Å². The Bertz CT molecular complexity index is 282. The summed E-state index contributed by atoms with van der Waals surface area (Å²) >= 11 is 0. The van der Waals surface area contributed by atoms with Crippen LogP contribution in [0.5, 0.6) is 0 Å². The number of ketones is 1. The van der Waals surface area contributed by atoms with E-state index in [0.717, 1.165) is 0 Å². The molecule has 0 spiro atoms. The second-order valence-electron chi connectivity index (χ2n) is 4.76. The normalized spacial score (nSPS) is 26.8. The second-order valence-corrected chi connectivity index (χ2v) is 4.76. The molecule has 0 N–H and O–H groups in total.